The lowest BCUT2D eigenvalue weighted by atomic mass is 10.1. The maximum absolute atomic E-state index is 12.3. The average Bonchev–Trinajstić information content (AvgIpc) is 2.87. The Hall–Kier alpha value is -2.55. The third kappa shape index (κ3) is 2.55. The molecule has 0 aliphatic carbocycles. The third-order valence-corrected chi connectivity index (χ3v) is 3.59. The van der Waals surface area contributed by atoms with Crippen molar-refractivity contribution in [2.75, 3.05) is 5.32 Å². The molecule has 106 valence electrons. The van der Waals surface area contributed by atoms with Gasteiger partial charge in [0.25, 0.3) is 5.91 Å². The zero-order valence-electron chi connectivity index (χ0n) is 12.4. The molecule has 0 radical (unpaired) electrons. The summed E-state index contributed by atoms with van der Waals surface area (Å²) in [5.74, 6) is 0.108. The number of carbonyl (C=O) groups excluding carboxylic acids is 1. The quantitative estimate of drug-likeness (QED) is 0.744. The van der Waals surface area contributed by atoms with E-state index < -0.39 is 0 Å². The summed E-state index contributed by atoms with van der Waals surface area (Å²) >= 11 is 0. The summed E-state index contributed by atoms with van der Waals surface area (Å²) in [6.07, 6.45) is 0. The largest absolute Gasteiger partial charge is 0.451 e. The van der Waals surface area contributed by atoms with Gasteiger partial charge in [0.1, 0.15) is 5.58 Å². The third-order valence-electron chi connectivity index (χ3n) is 3.59. The summed E-state index contributed by atoms with van der Waals surface area (Å²) < 4.78 is 5.68. The van der Waals surface area contributed by atoms with Crippen LogP contribution in [-0.2, 0) is 0 Å². The normalized spacial score (nSPS) is 10.8. The fraction of sp³-hybridized carbons (Fsp3) is 0.167. The van der Waals surface area contributed by atoms with Gasteiger partial charge in [-0.15, -0.1) is 0 Å². The van der Waals surface area contributed by atoms with Crippen molar-refractivity contribution < 1.29 is 9.21 Å². The van der Waals surface area contributed by atoms with E-state index in [-0.39, 0.29) is 5.91 Å². The van der Waals surface area contributed by atoms with Gasteiger partial charge in [0, 0.05) is 11.1 Å². The van der Waals surface area contributed by atoms with Crippen molar-refractivity contribution in [1.82, 2.24) is 0 Å². The molecule has 0 atom stereocenters. The van der Waals surface area contributed by atoms with Crippen molar-refractivity contribution in [1.29, 1.82) is 0 Å². The minimum atomic E-state index is -0.224. The molecule has 3 rings (SSSR count). The molecule has 0 bridgehead atoms. The fourth-order valence-corrected chi connectivity index (χ4v) is 2.46. The van der Waals surface area contributed by atoms with E-state index in [4.69, 9.17) is 4.42 Å². The Kier molecular flexibility index (Phi) is 3.26. The first kappa shape index (κ1) is 13.4. The lowest BCUT2D eigenvalue weighted by molar-refractivity contribution is 0.0998. The van der Waals surface area contributed by atoms with Gasteiger partial charge in [0.05, 0.1) is 0 Å². The van der Waals surface area contributed by atoms with Gasteiger partial charge in [-0.2, -0.15) is 0 Å². The summed E-state index contributed by atoms with van der Waals surface area (Å²) in [7, 11) is 0. The molecule has 21 heavy (non-hydrogen) atoms. The molecule has 1 heterocycles. The fourth-order valence-electron chi connectivity index (χ4n) is 2.46. The van der Waals surface area contributed by atoms with Crippen molar-refractivity contribution in [3.05, 3.63) is 64.9 Å². The lowest BCUT2D eigenvalue weighted by Gasteiger charge is -2.07. The number of hydrogen-bond acceptors (Lipinski definition) is 2. The molecule has 2 aromatic carbocycles. The molecule has 0 aliphatic rings. The number of hydrogen-bond donors (Lipinski definition) is 1. The van der Waals surface area contributed by atoms with Gasteiger partial charge in [-0.25, -0.2) is 0 Å². The van der Waals surface area contributed by atoms with Crippen LogP contribution >= 0.6 is 0 Å². The maximum Gasteiger partial charge on any atom is 0.291 e. The zero-order chi connectivity index (χ0) is 15.0. The van der Waals surface area contributed by atoms with Crippen LogP contribution in [0.25, 0.3) is 11.0 Å². The number of fused-ring (bicyclic) bond motifs is 1. The number of anilines is 1. The number of amides is 1. The average molecular weight is 279 g/mol. The molecule has 3 aromatic rings. The second-order valence-corrected chi connectivity index (χ2v) is 5.38. The Morgan fingerprint density at radius 1 is 1.00 bits per heavy atom. The molecule has 0 spiro atoms. The summed E-state index contributed by atoms with van der Waals surface area (Å²) in [6.45, 7) is 5.98. The maximum atomic E-state index is 12.3. The number of nitrogens with one attached hydrogen (secondary N) is 1. The van der Waals surface area contributed by atoms with Crippen LogP contribution in [0.3, 0.4) is 0 Å². The SMILES string of the molecule is Cc1ccc(NC(=O)c2cc3cccc(C)c3o2)c(C)c1. The highest BCUT2D eigenvalue weighted by atomic mass is 16.3. The van der Waals surface area contributed by atoms with Crippen LogP contribution in [0.2, 0.25) is 0 Å². The Morgan fingerprint density at radius 3 is 2.52 bits per heavy atom. The van der Waals surface area contributed by atoms with E-state index in [2.05, 4.69) is 5.32 Å². The standard InChI is InChI=1S/C18H17NO2/c1-11-7-8-15(13(3)9-11)19-18(20)16-10-14-6-4-5-12(2)17(14)21-16/h4-10H,1-3H3,(H,19,20). The van der Waals surface area contributed by atoms with Crippen LogP contribution in [0, 0.1) is 20.8 Å². The second-order valence-electron chi connectivity index (χ2n) is 5.38. The van der Waals surface area contributed by atoms with Gasteiger partial charge in [0.2, 0.25) is 0 Å². The number of benzene rings is 2. The molecule has 3 heteroatoms. The number of aryl methyl sites for hydroxylation is 3. The molecule has 0 aliphatic heterocycles. The van der Waals surface area contributed by atoms with E-state index >= 15 is 0 Å². The van der Waals surface area contributed by atoms with Crippen molar-refractivity contribution in [2.24, 2.45) is 0 Å². The van der Waals surface area contributed by atoms with Crippen LogP contribution in [0.5, 0.6) is 0 Å². The summed E-state index contributed by atoms with van der Waals surface area (Å²) in [4.78, 5) is 12.3. The van der Waals surface area contributed by atoms with Crippen LogP contribution in [0.15, 0.2) is 46.9 Å². The number of para-hydroxylation sites is 1. The Morgan fingerprint density at radius 2 is 1.81 bits per heavy atom. The molecule has 0 fully saturated rings. The predicted molar refractivity (Wildman–Crippen MR) is 84.8 cm³/mol. The van der Waals surface area contributed by atoms with Crippen molar-refractivity contribution in [2.45, 2.75) is 20.8 Å². The van der Waals surface area contributed by atoms with E-state index in [1.54, 1.807) is 6.07 Å². The van der Waals surface area contributed by atoms with E-state index in [0.29, 0.717) is 5.76 Å². The van der Waals surface area contributed by atoms with E-state index in [1.807, 2.05) is 57.2 Å². The molecular weight excluding hydrogens is 262 g/mol. The molecule has 0 saturated carbocycles. The van der Waals surface area contributed by atoms with Crippen LogP contribution in [-0.4, -0.2) is 5.91 Å². The van der Waals surface area contributed by atoms with Crippen molar-refractivity contribution in [3.8, 4) is 0 Å². The molecule has 1 N–H and O–H groups in total. The minimum absolute atomic E-state index is 0.224. The van der Waals surface area contributed by atoms with Crippen molar-refractivity contribution in [3.63, 3.8) is 0 Å². The van der Waals surface area contributed by atoms with Crippen LogP contribution < -0.4 is 5.32 Å². The monoisotopic (exact) mass is 279 g/mol. The first-order valence-electron chi connectivity index (χ1n) is 6.92. The van der Waals surface area contributed by atoms with E-state index in [0.717, 1.165) is 27.8 Å². The van der Waals surface area contributed by atoms with Gasteiger partial charge >= 0.3 is 0 Å². The lowest BCUT2D eigenvalue weighted by Crippen LogP contribution is -2.11. The Bertz CT molecular complexity index is 830. The van der Waals surface area contributed by atoms with Crippen LogP contribution in [0.1, 0.15) is 27.2 Å². The summed E-state index contributed by atoms with van der Waals surface area (Å²) in [6, 6.07) is 13.6. The number of carbonyl (C=O) groups is 1. The highest BCUT2D eigenvalue weighted by molar-refractivity contribution is 6.05. The smallest absolute Gasteiger partial charge is 0.291 e. The highest BCUT2D eigenvalue weighted by Crippen LogP contribution is 2.24. The topological polar surface area (TPSA) is 42.2 Å². The predicted octanol–water partition coefficient (Wildman–Crippen LogP) is 4.61. The molecular formula is C18H17NO2. The van der Waals surface area contributed by atoms with Gasteiger partial charge in [-0.05, 0) is 44.0 Å². The van der Waals surface area contributed by atoms with Crippen LogP contribution in [0.4, 0.5) is 5.69 Å². The summed E-state index contributed by atoms with van der Waals surface area (Å²) in [5.41, 5.74) is 4.81. The number of rotatable bonds is 2. The zero-order valence-corrected chi connectivity index (χ0v) is 12.4. The van der Waals surface area contributed by atoms with E-state index in [9.17, 15) is 4.79 Å². The van der Waals surface area contributed by atoms with Gasteiger partial charge in [-0.1, -0.05) is 35.9 Å². The van der Waals surface area contributed by atoms with Gasteiger partial charge in [0.15, 0.2) is 5.76 Å². The molecule has 0 unspecified atom stereocenters. The van der Waals surface area contributed by atoms with Gasteiger partial charge < -0.3 is 9.73 Å². The second kappa shape index (κ2) is 5.09. The Balaban J connectivity index is 1.92. The summed E-state index contributed by atoms with van der Waals surface area (Å²) in [5, 5.41) is 3.85. The number of furan rings is 1. The minimum Gasteiger partial charge on any atom is -0.451 e. The molecule has 1 amide bonds. The first-order valence-corrected chi connectivity index (χ1v) is 6.92. The molecule has 1 aromatic heterocycles. The molecule has 3 nitrogen and oxygen atoms in total. The Labute approximate surface area is 123 Å². The highest BCUT2D eigenvalue weighted by Gasteiger charge is 2.14. The van der Waals surface area contributed by atoms with E-state index in [1.165, 1.54) is 5.56 Å². The molecule has 0 saturated heterocycles. The van der Waals surface area contributed by atoms with Crippen molar-refractivity contribution >= 4 is 22.6 Å². The first-order chi connectivity index (χ1) is 10.0. The van der Waals surface area contributed by atoms with Gasteiger partial charge in [-0.3, -0.25) is 4.79 Å².